The van der Waals surface area contributed by atoms with Gasteiger partial charge in [0.15, 0.2) is 11.4 Å². The van der Waals surface area contributed by atoms with E-state index in [1.165, 1.54) is 23.2 Å². The molecule has 7 nitrogen and oxygen atoms in total. The number of aromatic nitrogens is 3. The van der Waals surface area contributed by atoms with Crippen LogP contribution in [0.5, 0.6) is 0 Å². The van der Waals surface area contributed by atoms with Crippen molar-refractivity contribution in [1.29, 1.82) is 0 Å². The largest absolute Gasteiger partial charge is 0.432 e. The minimum atomic E-state index is 0.205. The van der Waals surface area contributed by atoms with Crippen LogP contribution in [0.25, 0.3) is 22.2 Å². The second kappa shape index (κ2) is 6.97. The molecule has 7 heteroatoms. The number of aliphatic hydroxyl groups is 1. The SMILES string of the molecule is CC(C)c1nc2oc3c(N4CCN(CCO)CC4)ncnc3c2c2c1CCC2. The molecule has 0 aromatic carbocycles. The standard InChI is InChI=1S/C21H27N5O2/c1-13(2)17-15-5-3-4-14(15)16-18-19(28-21(16)24-17)20(23-12-22-18)26-8-6-25(7-9-26)10-11-27/h12-13,27H,3-11H2,1-2H3. The van der Waals surface area contributed by atoms with Crippen molar-refractivity contribution in [2.45, 2.75) is 39.0 Å². The molecule has 0 bridgehead atoms. The highest BCUT2D eigenvalue weighted by Crippen LogP contribution is 2.40. The van der Waals surface area contributed by atoms with Gasteiger partial charge in [-0.2, -0.15) is 0 Å². The van der Waals surface area contributed by atoms with E-state index >= 15 is 0 Å². The summed E-state index contributed by atoms with van der Waals surface area (Å²) >= 11 is 0. The number of nitrogens with zero attached hydrogens (tertiary/aromatic N) is 5. The highest BCUT2D eigenvalue weighted by molar-refractivity contribution is 6.06. The van der Waals surface area contributed by atoms with Crippen LogP contribution in [0.3, 0.4) is 0 Å². The predicted octanol–water partition coefficient (Wildman–Crippen LogP) is 2.50. The number of β-amino-alcohol motifs (C(OH)–C–C–N with tert-alkyl or cyclic N) is 1. The molecule has 1 N–H and O–H groups in total. The van der Waals surface area contributed by atoms with Gasteiger partial charge >= 0.3 is 0 Å². The van der Waals surface area contributed by atoms with Crippen LogP contribution in [0.4, 0.5) is 5.82 Å². The van der Waals surface area contributed by atoms with Crippen molar-refractivity contribution in [2.75, 3.05) is 44.2 Å². The van der Waals surface area contributed by atoms with E-state index in [9.17, 15) is 0 Å². The molecule has 0 atom stereocenters. The van der Waals surface area contributed by atoms with Crippen molar-refractivity contribution >= 4 is 28.0 Å². The molecule has 1 aliphatic carbocycles. The quantitative estimate of drug-likeness (QED) is 0.744. The van der Waals surface area contributed by atoms with E-state index in [1.807, 2.05) is 0 Å². The van der Waals surface area contributed by atoms with Crippen LogP contribution in [0.1, 0.15) is 43.0 Å². The lowest BCUT2D eigenvalue weighted by molar-refractivity contribution is 0.188. The zero-order chi connectivity index (χ0) is 19.3. The zero-order valence-electron chi connectivity index (χ0n) is 16.6. The number of aryl methyl sites for hydroxylation is 1. The molecule has 1 aliphatic heterocycles. The number of rotatable bonds is 4. The molecule has 0 unspecified atom stereocenters. The van der Waals surface area contributed by atoms with Crippen LogP contribution in [-0.4, -0.2) is 64.3 Å². The second-order valence-corrected chi connectivity index (χ2v) is 8.17. The Kier molecular flexibility index (Phi) is 4.44. The lowest BCUT2D eigenvalue weighted by Crippen LogP contribution is -2.47. The van der Waals surface area contributed by atoms with Crippen LogP contribution in [0.2, 0.25) is 0 Å². The molecule has 28 heavy (non-hydrogen) atoms. The smallest absolute Gasteiger partial charge is 0.229 e. The predicted molar refractivity (Wildman–Crippen MR) is 109 cm³/mol. The Morgan fingerprint density at radius 1 is 1.11 bits per heavy atom. The van der Waals surface area contributed by atoms with Gasteiger partial charge in [0.25, 0.3) is 0 Å². The zero-order valence-corrected chi connectivity index (χ0v) is 16.6. The summed E-state index contributed by atoms with van der Waals surface area (Å²) < 4.78 is 6.30. The number of pyridine rings is 1. The average Bonchev–Trinajstić information content (AvgIpc) is 3.32. The maximum Gasteiger partial charge on any atom is 0.229 e. The number of aliphatic hydroxyl groups excluding tert-OH is 1. The molecule has 1 saturated heterocycles. The Morgan fingerprint density at radius 2 is 1.89 bits per heavy atom. The van der Waals surface area contributed by atoms with Gasteiger partial charge in [-0.1, -0.05) is 13.8 Å². The van der Waals surface area contributed by atoms with Crippen LogP contribution in [0, 0.1) is 0 Å². The molecule has 5 rings (SSSR count). The normalized spacial score (nSPS) is 17.9. The fourth-order valence-electron chi connectivity index (χ4n) is 4.74. The summed E-state index contributed by atoms with van der Waals surface area (Å²) in [6.45, 7) is 8.90. The summed E-state index contributed by atoms with van der Waals surface area (Å²) in [5, 5.41) is 10.3. The molecule has 3 aromatic rings. The van der Waals surface area contributed by atoms with Crippen LogP contribution < -0.4 is 4.90 Å². The molecule has 3 aromatic heterocycles. The fraction of sp³-hybridized carbons (Fsp3) is 0.571. The van der Waals surface area contributed by atoms with Crippen molar-refractivity contribution in [3.8, 4) is 0 Å². The number of fused-ring (bicyclic) bond motifs is 5. The number of anilines is 1. The average molecular weight is 381 g/mol. The monoisotopic (exact) mass is 381 g/mol. The maximum absolute atomic E-state index is 9.16. The third-order valence-corrected chi connectivity index (χ3v) is 6.12. The van der Waals surface area contributed by atoms with Gasteiger partial charge < -0.3 is 14.4 Å². The summed E-state index contributed by atoms with van der Waals surface area (Å²) in [5.41, 5.74) is 6.33. The van der Waals surface area contributed by atoms with Gasteiger partial charge in [0.2, 0.25) is 5.71 Å². The van der Waals surface area contributed by atoms with Gasteiger partial charge in [-0.15, -0.1) is 0 Å². The number of hydrogen-bond acceptors (Lipinski definition) is 7. The maximum atomic E-state index is 9.16. The van der Waals surface area contributed by atoms with Gasteiger partial charge in [0, 0.05) is 32.7 Å². The molecule has 0 spiro atoms. The van der Waals surface area contributed by atoms with Gasteiger partial charge in [-0.25, -0.2) is 15.0 Å². The third kappa shape index (κ3) is 2.76. The Morgan fingerprint density at radius 3 is 2.64 bits per heavy atom. The van der Waals surface area contributed by atoms with E-state index in [-0.39, 0.29) is 6.61 Å². The number of piperazine rings is 1. The lowest BCUT2D eigenvalue weighted by atomic mass is 9.99. The molecule has 0 amide bonds. The second-order valence-electron chi connectivity index (χ2n) is 8.17. The van der Waals surface area contributed by atoms with E-state index in [0.717, 1.165) is 67.9 Å². The highest BCUT2D eigenvalue weighted by Gasteiger charge is 2.28. The first kappa shape index (κ1) is 17.8. The van der Waals surface area contributed by atoms with E-state index < -0.39 is 0 Å². The van der Waals surface area contributed by atoms with Crippen molar-refractivity contribution in [3.05, 3.63) is 23.1 Å². The summed E-state index contributed by atoms with van der Waals surface area (Å²) in [4.78, 5) is 18.6. The van der Waals surface area contributed by atoms with Crippen LogP contribution >= 0.6 is 0 Å². The Bertz CT molecular complexity index is 1020. The first-order chi connectivity index (χ1) is 13.7. The van der Waals surface area contributed by atoms with Crippen LogP contribution in [-0.2, 0) is 12.8 Å². The lowest BCUT2D eigenvalue weighted by Gasteiger charge is -2.34. The Balaban J connectivity index is 1.62. The Hall–Kier alpha value is -2.25. The van der Waals surface area contributed by atoms with E-state index in [1.54, 1.807) is 6.33 Å². The minimum Gasteiger partial charge on any atom is -0.432 e. The minimum absolute atomic E-state index is 0.205. The van der Waals surface area contributed by atoms with Crippen molar-refractivity contribution in [1.82, 2.24) is 19.9 Å². The number of hydrogen-bond donors (Lipinski definition) is 1. The van der Waals surface area contributed by atoms with E-state index in [4.69, 9.17) is 14.5 Å². The molecular weight excluding hydrogens is 354 g/mol. The van der Waals surface area contributed by atoms with Crippen molar-refractivity contribution in [3.63, 3.8) is 0 Å². The molecule has 1 fully saturated rings. The van der Waals surface area contributed by atoms with Crippen molar-refractivity contribution in [2.24, 2.45) is 0 Å². The van der Waals surface area contributed by atoms with E-state index in [0.29, 0.717) is 11.6 Å². The molecule has 4 heterocycles. The van der Waals surface area contributed by atoms with Gasteiger partial charge in [0.1, 0.15) is 11.8 Å². The first-order valence-electron chi connectivity index (χ1n) is 10.3. The topological polar surface area (TPSA) is 78.5 Å². The van der Waals surface area contributed by atoms with Crippen LogP contribution in [0.15, 0.2) is 10.7 Å². The molecule has 2 aliphatic rings. The first-order valence-corrected chi connectivity index (χ1v) is 10.3. The fourth-order valence-corrected chi connectivity index (χ4v) is 4.74. The summed E-state index contributed by atoms with van der Waals surface area (Å²) in [5.74, 6) is 1.25. The highest BCUT2D eigenvalue weighted by atomic mass is 16.3. The molecule has 148 valence electrons. The van der Waals surface area contributed by atoms with Crippen molar-refractivity contribution < 1.29 is 9.52 Å². The van der Waals surface area contributed by atoms with Gasteiger partial charge in [-0.05, 0) is 36.3 Å². The Labute approximate surface area is 164 Å². The van der Waals surface area contributed by atoms with Gasteiger partial charge in [0.05, 0.1) is 17.7 Å². The summed E-state index contributed by atoms with van der Waals surface area (Å²) in [6, 6.07) is 0. The number of furan rings is 1. The summed E-state index contributed by atoms with van der Waals surface area (Å²) in [7, 11) is 0. The van der Waals surface area contributed by atoms with Gasteiger partial charge in [-0.3, -0.25) is 4.90 Å². The molecule has 0 radical (unpaired) electrons. The van der Waals surface area contributed by atoms with E-state index in [2.05, 4.69) is 33.6 Å². The molecular formula is C21H27N5O2. The third-order valence-electron chi connectivity index (χ3n) is 6.12. The molecule has 0 saturated carbocycles. The summed E-state index contributed by atoms with van der Waals surface area (Å²) in [6.07, 6.45) is 5.00.